The van der Waals surface area contributed by atoms with Gasteiger partial charge in [-0.25, -0.2) is 0 Å². The van der Waals surface area contributed by atoms with Gasteiger partial charge in [-0.15, -0.1) is 0 Å². The molecule has 0 saturated carbocycles. The molecule has 1 amide bonds. The summed E-state index contributed by atoms with van der Waals surface area (Å²) in [4.78, 5) is 15.0. The van der Waals surface area contributed by atoms with Crippen LogP contribution in [0.2, 0.25) is 5.02 Å². The van der Waals surface area contributed by atoms with Crippen molar-refractivity contribution < 1.29 is 9.90 Å². The highest BCUT2D eigenvalue weighted by Gasteiger charge is 2.14. The number of nitrogens with one attached hydrogen (secondary N) is 3. The first kappa shape index (κ1) is 20.4. The zero-order valence-electron chi connectivity index (χ0n) is 16.1. The van der Waals surface area contributed by atoms with Gasteiger partial charge in [0.1, 0.15) is 0 Å². The summed E-state index contributed by atoms with van der Waals surface area (Å²) in [5, 5.41) is 18.4. The molecule has 2 aromatic carbocycles. The van der Waals surface area contributed by atoms with Crippen molar-refractivity contribution in [2.45, 2.75) is 38.8 Å². The van der Waals surface area contributed by atoms with Crippen molar-refractivity contribution in [3.05, 3.63) is 64.8 Å². The number of aliphatic hydroxyl groups is 1. The molecule has 0 fully saturated rings. The third-order valence-corrected chi connectivity index (χ3v) is 5.05. The smallest absolute Gasteiger partial charge is 0.224 e. The highest BCUT2D eigenvalue weighted by molar-refractivity contribution is 6.30. The molecular formula is C22H26ClN3O2. The Hall–Kier alpha value is -2.34. The Balaban J connectivity index is 1.64. The Morgan fingerprint density at radius 2 is 2.04 bits per heavy atom. The first-order valence-corrected chi connectivity index (χ1v) is 9.91. The molecule has 2 atom stereocenters. The van der Waals surface area contributed by atoms with Crippen LogP contribution in [0, 0.1) is 0 Å². The van der Waals surface area contributed by atoms with Gasteiger partial charge >= 0.3 is 0 Å². The minimum atomic E-state index is -0.611. The van der Waals surface area contributed by atoms with Crippen molar-refractivity contribution in [2.24, 2.45) is 0 Å². The van der Waals surface area contributed by atoms with Gasteiger partial charge in [0.05, 0.1) is 17.3 Å². The molecule has 6 heteroatoms. The molecule has 0 bridgehead atoms. The molecule has 148 valence electrons. The van der Waals surface area contributed by atoms with E-state index in [1.54, 1.807) is 12.1 Å². The average Bonchev–Trinajstić information content (AvgIpc) is 3.10. The SMILES string of the molecule is CCC(=O)Nc1cccc2c(C[C@@H](C)NC[C@@H](O)c3cccc(Cl)c3)c[nH]c12. The van der Waals surface area contributed by atoms with Crippen LogP contribution in [-0.4, -0.2) is 28.6 Å². The van der Waals surface area contributed by atoms with E-state index in [1.807, 2.05) is 37.4 Å². The van der Waals surface area contributed by atoms with E-state index in [4.69, 9.17) is 11.6 Å². The standard InChI is InChI=1S/C22H26ClN3O2/c1-3-21(28)26-19-9-5-8-18-16(12-25-22(18)19)10-14(2)24-13-20(27)15-6-4-7-17(23)11-15/h4-9,11-12,14,20,24-25,27H,3,10,13H2,1-2H3,(H,26,28)/t14-,20-/m1/s1. The summed E-state index contributed by atoms with van der Waals surface area (Å²) in [7, 11) is 0. The third-order valence-electron chi connectivity index (χ3n) is 4.82. The fourth-order valence-corrected chi connectivity index (χ4v) is 3.47. The predicted molar refractivity (Wildman–Crippen MR) is 115 cm³/mol. The molecule has 1 aromatic heterocycles. The number of aromatic nitrogens is 1. The highest BCUT2D eigenvalue weighted by Crippen LogP contribution is 2.26. The molecule has 5 nitrogen and oxygen atoms in total. The summed E-state index contributed by atoms with van der Waals surface area (Å²) < 4.78 is 0. The molecule has 0 saturated heterocycles. The minimum Gasteiger partial charge on any atom is -0.387 e. The second-order valence-electron chi connectivity index (χ2n) is 7.03. The van der Waals surface area contributed by atoms with Crippen LogP contribution < -0.4 is 10.6 Å². The van der Waals surface area contributed by atoms with Gasteiger partial charge in [-0.2, -0.15) is 0 Å². The third kappa shape index (κ3) is 4.93. The summed E-state index contributed by atoms with van der Waals surface area (Å²) in [6, 6.07) is 13.4. The molecule has 3 aromatic rings. The van der Waals surface area contributed by atoms with Gasteiger partial charge in [-0.3, -0.25) is 4.79 Å². The molecule has 3 rings (SSSR count). The molecule has 4 N–H and O–H groups in total. The van der Waals surface area contributed by atoms with Crippen molar-refractivity contribution in [1.29, 1.82) is 0 Å². The fraction of sp³-hybridized carbons (Fsp3) is 0.318. The lowest BCUT2D eigenvalue weighted by molar-refractivity contribution is -0.115. The van der Waals surface area contributed by atoms with E-state index in [-0.39, 0.29) is 11.9 Å². The van der Waals surface area contributed by atoms with E-state index >= 15 is 0 Å². The number of amides is 1. The summed E-state index contributed by atoms with van der Waals surface area (Å²) in [6.07, 6.45) is 2.62. The van der Waals surface area contributed by atoms with Crippen LogP contribution in [0.3, 0.4) is 0 Å². The molecule has 0 unspecified atom stereocenters. The van der Waals surface area contributed by atoms with E-state index in [2.05, 4.69) is 28.6 Å². The van der Waals surface area contributed by atoms with E-state index in [9.17, 15) is 9.90 Å². The molecule has 1 heterocycles. The lowest BCUT2D eigenvalue weighted by Crippen LogP contribution is -2.32. The van der Waals surface area contributed by atoms with E-state index in [0.717, 1.165) is 28.6 Å². The molecule has 0 spiro atoms. The second kappa shape index (κ2) is 9.24. The molecule has 0 aliphatic carbocycles. The molecule has 0 radical (unpaired) electrons. The van der Waals surface area contributed by atoms with Gasteiger partial charge in [0, 0.05) is 35.6 Å². The van der Waals surface area contributed by atoms with Gasteiger partial charge < -0.3 is 20.7 Å². The molecule has 0 aliphatic heterocycles. The predicted octanol–water partition coefficient (Wildman–Crippen LogP) is 4.42. The zero-order valence-corrected chi connectivity index (χ0v) is 16.9. The number of benzene rings is 2. The fourth-order valence-electron chi connectivity index (χ4n) is 3.27. The van der Waals surface area contributed by atoms with Gasteiger partial charge in [0.15, 0.2) is 0 Å². The summed E-state index contributed by atoms with van der Waals surface area (Å²) in [5.74, 6) is -0.00584. The molecule has 28 heavy (non-hydrogen) atoms. The number of carbonyl (C=O) groups excluding carboxylic acids is 1. The number of halogens is 1. The quantitative estimate of drug-likeness (QED) is 0.452. The van der Waals surface area contributed by atoms with E-state index < -0.39 is 6.10 Å². The van der Waals surface area contributed by atoms with Gasteiger partial charge in [-0.1, -0.05) is 42.8 Å². The Bertz CT molecular complexity index is 954. The van der Waals surface area contributed by atoms with Crippen molar-refractivity contribution in [2.75, 3.05) is 11.9 Å². The summed E-state index contributed by atoms with van der Waals surface area (Å²) in [5.41, 5.74) is 3.70. The van der Waals surface area contributed by atoms with Gasteiger partial charge in [0.25, 0.3) is 0 Å². The number of anilines is 1. The average molecular weight is 400 g/mol. The maximum atomic E-state index is 11.7. The first-order valence-electron chi connectivity index (χ1n) is 9.53. The van der Waals surface area contributed by atoms with Crippen LogP contribution in [0.25, 0.3) is 10.9 Å². The largest absolute Gasteiger partial charge is 0.387 e. The number of carbonyl (C=O) groups is 1. The maximum absolute atomic E-state index is 11.7. The normalized spacial score (nSPS) is 13.4. The Labute approximate surface area is 170 Å². The first-order chi connectivity index (χ1) is 13.5. The summed E-state index contributed by atoms with van der Waals surface area (Å²) in [6.45, 7) is 4.37. The number of hydrogen-bond donors (Lipinski definition) is 4. The van der Waals surface area contributed by atoms with Crippen LogP contribution in [0.1, 0.15) is 37.5 Å². The zero-order chi connectivity index (χ0) is 20.1. The molecule has 0 aliphatic rings. The van der Waals surface area contributed by atoms with Crippen molar-refractivity contribution in [3.63, 3.8) is 0 Å². The minimum absolute atomic E-state index is 0.00584. The Morgan fingerprint density at radius 3 is 2.79 bits per heavy atom. The number of rotatable bonds is 8. The number of aromatic amines is 1. The topological polar surface area (TPSA) is 77.2 Å². The van der Waals surface area contributed by atoms with Crippen LogP contribution in [0.5, 0.6) is 0 Å². The van der Waals surface area contributed by atoms with Gasteiger partial charge in [-0.05, 0) is 42.7 Å². The van der Waals surface area contributed by atoms with Crippen LogP contribution in [-0.2, 0) is 11.2 Å². The van der Waals surface area contributed by atoms with Crippen molar-refractivity contribution in [3.8, 4) is 0 Å². The molecular weight excluding hydrogens is 374 g/mol. The number of H-pyrrole nitrogens is 1. The monoisotopic (exact) mass is 399 g/mol. The maximum Gasteiger partial charge on any atom is 0.224 e. The number of para-hydroxylation sites is 1. The van der Waals surface area contributed by atoms with Crippen molar-refractivity contribution >= 4 is 34.1 Å². The van der Waals surface area contributed by atoms with Crippen LogP contribution in [0.15, 0.2) is 48.7 Å². The summed E-state index contributed by atoms with van der Waals surface area (Å²) >= 11 is 5.99. The van der Waals surface area contributed by atoms with E-state index in [0.29, 0.717) is 18.0 Å². The number of aliphatic hydroxyl groups excluding tert-OH is 1. The Kier molecular flexibility index (Phi) is 6.73. The Morgan fingerprint density at radius 1 is 1.25 bits per heavy atom. The lowest BCUT2D eigenvalue weighted by atomic mass is 10.0. The van der Waals surface area contributed by atoms with Gasteiger partial charge in [0.2, 0.25) is 5.91 Å². The van der Waals surface area contributed by atoms with Crippen molar-refractivity contribution in [1.82, 2.24) is 10.3 Å². The van der Waals surface area contributed by atoms with E-state index in [1.165, 1.54) is 5.56 Å². The van der Waals surface area contributed by atoms with Crippen LogP contribution in [0.4, 0.5) is 5.69 Å². The number of fused-ring (bicyclic) bond motifs is 1. The second-order valence-corrected chi connectivity index (χ2v) is 7.46. The lowest BCUT2D eigenvalue weighted by Gasteiger charge is -2.17. The van der Waals surface area contributed by atoms with Crippen LogP contribution >= 0.6 is 11.6 Å². The number of hydrogen-bond acceptors (Lipinski definition) is 3. The highest BCUT2D eigenvalue weighted by atomic mass is 35.5.